The van der Waals surface area contributed by atoms with Crippen molar-refractivity contribution < 1.29 is 24.4 Å². The van der Waals surface area contributed by atoms with E-state index in [9.17, 15) is 14.7 Å². The highest BCUT2D eigenvalue weighted by molar-refractivity contribution is 5.95. The van der Waals surface area contributed by atoms with E-state index in [2.05, 4.69) is 5.16 Å². The third kappa shape index (κ3) is 3.19. The van der Waals surface area contributed by atoms with Crippen molar-refractivity contribution in [1.82, 2.24) is 14.9 Å². The molecule has 0 saturated carbocycles. The first kappa shape index (κ1) is 18.2. The fraction of sp³-hybridized carbons (Fsp3) is 0.550. The fourth-order valence-electron chi connectivity index (χ4n) is 4.82. The summed E-state index contributed by atoms with van der Waals surface area (Å²) in [5.74, 6) is 0. The van der Waals surface area contributed by atoms with E-state index in [0.29, 0.717) is 39.1 Å². The Labute approximate surface area is 168 Å². The van der Waals surface area contributed by atoms with E-state index in [-0.39, 0.29) is 18.1 Å². The van der Waals surface area contributed by atoms with E-state index in [0.717, 1.165) is 24.1 Å². The van der Waals surface area contributed by atoms with Crippen LogP contribution in [0.1, 0.15) is 31.2 Å². The summed E-state index contributed by atoms with van der Waals surface area (Å²) in [4.78, 5) is 39.0. The predicted molar refractivity (Wildman–Crippen MR) is 102 cm³/mol. The Hall–Kier alpha value is -2.81. The molecule has 154 valence electrons. The zero-order chi connectivity index (χ0) is 20.0. The van der Waals surface area contributed by atoms with Crippen molar-refractivity contribution in [1.29, 1.82) is 0 Å². The smallest absolute Gasteiger partial charge is 0.407 e. The Morgan fingerprint density at radius 3 is 2.90 bits per heavy atom. The Morgan fingerprint density at radius 1 is 1.31 bits per heavy atom. The summed E-state index contributed by atoms with van der Waals surface area (Å²) in [7, 11) is 0. The molecule has 3 saturated heterocycles. The molecule has 3 atom stereocenters. The van der Waals surface area contributed by atoms with Crippen molar-refractivity contribution in [2.75, 3.05) is 19.6 Å². The molecule has 29 heavy (non-hydrogen) atoms. The fourth-order valence-corrected chi connectivity index (χ4v) is 4.82. The number of benzene rings is 1. The van der Waals surface area contributed by atoms with Crippen molar-refractivity contribution in [3.63, 3.8) is 0 Å². The molecule has 4 aliphatic rings. The maximum Gasteiger partial charge on any atom is 0.407 e. The van der Waals surface area contributed by atoms with E-state index >= 15 is 0 Å². The molecule has 0 unspecified atom stereocenters. The quantitative estimate of drug-likeness (QED) is 0.837. The number of carbonyl (C=O) groups excluding carboxylic acids is 1. The van der Waals surface area contributed by atoms with Gasteiger partial charge in [-0.25, -0.2) is 9.59 Å². The molecule has 0 aliphatic carbocycles. The van der Waals surface area contributed by atoms with Crippen molar-refractivity contribution in [2.45, 2.75) is 50.0 Å². The summed E-state index contributed by atoms with van der Waals surface area (Å²) in [6.07, 6.45) is 1.92. The van der Waals surface area contributed by atoms with E-state index in [1.54, 1.807) is 0 Å². The van der Waals surface area contributed by atoms with Gasteiger partial charge in [0.05, 0.1) is 24.3 Å². The Bertz CT molecular complexity index is 847. The largest absolute Gasteiger partial charge is 0.465 e. The van der Waals surface area contributed by atoms with Gasteiger partial charge in [0, 0.05) is 25.9 Å². The number of amides is 3. The van der Waals surface area contributed by atoms with Crippen LogP contribution in [0.25, 0.3) is 0 Å². The van der Waals surface area contributed by atoms with Gasteiger partial charge in [0.2, 0.25) is 0 Å². The molecule has 9 heteroatoms. The number of hydrogen-bond acceptors (Lipinski definition) is 5. The number of fused-ring (bicyclic) bond motifs is 2. The lowest BCUT2D eigenvalue weighted by Crippen LogP contribution is -2.46. The maximum absolute atomic E-state index is 13.0. The number of piperidine rings is 1. The molecule has 5 rings (SSSR count). The van der Waals surface area contributed by atoms with Crippen LogP contribution in [0.5, 0.6) is 0 Å². The topological polar surface area (TPSA) is 94.9 Å². The minimum atomic E-state index is -0.930. The molecule has 0 aromatic heterocycles. The average molecular weight is 400 g/mol. The molecule has 4 aliphatic heterocycles. The van der Waals surface area contributed by atoms with Gasteiger partial charge in [-0.15, -0.1) is 0 Å². The molecular weight excluding hydrogens is 376 g/mol. The predicted octanol–water partition coefficient (Wildman–Crippen LogP) is 2.29. The van der Waals surface area contributed by atoms with Gasteiger partial charge in [-0.1, -0.05) is 35.5 Å². The zero-order valence-electron chi connectivity index (χ0n) is 16.1. The van der Waals surface area contributed by atoms with Gasteiger partial charge in [-0.05, 0) is 18.4 Å². The van der Waals surface area contributed by atoms with Crippen LogP contribution in [0, 0.1) is 0 Å². The Balaban J connectivity index is 1.23. The van der Waals surface area contributed by atoms with E-state index < -0.39 is 11.7 Å². The van der Waals surface area contributed by atoms with Crippen LogP contribution >= 0.6 is 0 Å². The zero-order valence-corrected chi connectivity index (χ0v) is 16.1. The van der Waals surface area contributed by atoms with Crippen LogP contribution in [-0.2, 0) is 16.3 Å². The minimum Gasteiger partial charge on any atom is -0.465 e. The van der Waals surface area contributed by atoms with Crippen molar-refractivity contribution in [2.24, 2.45) is 5.16 Å². The summed E-state index contributed by atoms with van der Waals surface area (Å²) in [6, 6.07) is 9.61. The summed E-state index contributed by atoms with van der Waals surface area (Å²) in [5.41, 5.74) is 1.29. The monoisotopic (exact) mass is 400 g/mol. The lowest BCUT2D eigenvalue weighted by Gasteiger charge is -2.30. The lowest BCUT2D eigenvalue weighted by atomic mass is 9.89. The molecule has 0 radical (unpaired) electrons. The number of hydrogen-bond donors (Lipinski definition) is 1. The molecule has 2 bridgehead atoms. The molecule has 1 N–H and O–H groups in total. The third-order valence-corrected chi connectivity index (χ3v) is 6.37. The maximum atomic E-state index is 13.0. The lowest BCUT2D eigenvalue weighted by molar-refractivity contribution is -0.140. The number of oxime groups is 1. The molecule has 4 heterocycles. The highest BCUT2D eigenvalue weighted by Gasteiger charge is 2.52. The standard InChI is InChI=1S/C20H24N4O5/c25-18-23-11-15(24(18)28-12-14-4-2-1-3-5-14)6-7-17(23)16-10-20(29-21-16)8-9-22(13-20)19(26)27/h1-5,15,17H,6-13H2,(H,26,27)/t15-,17+,20+/m1/s1. The molecule has 1 aromatic rings. The summed E-state index contributed by atoms with van der Waals surface area (Å²) >= 11 is 0. The number of rotatable bonds is 4. The van der Waals surface area contributed by atoms with E-state index in [1.165, 1.54) is 9.96 Å². The molecule has 3 amide bonds. The van der Waals surface area contributed by atoms with Gasteiger partial charge in [0.25, 0.3) is 0 Å². The summed E-state index contributed by atoms with van der Waals surface area (Å²) in [5, 5.41) is 15.0. The van der Waals surface area contributed by atoms with Crippen molar-refractivity contribution in [3.05, 3.63) is 35.9 Å². The van der Waals surface area contributed by atoms with Crippen LogP contribution in [0.3, 0.4) is 0 Å². The van der Waals surface area contributed by atoms with Crippen molar-refractivity contribution >= 4 is 17.8 Å². The van der Waals surface area contributed by atoms with Crippen LogP contribution in [-0.4, -0.2) is 75.1 Å². The van der Waals surface area contributed by atoms with Gasteiger partial charge in [-0.3, -0.25) is 4.84 Å². The molecular formula is C20H24N4O5. The number of urea groups is 1. The highest BCUT2D eigenvalue weighted by Crippen LogP contribution is 2.38. The molecule has 3 fully saturated rings. The Kier molecular flexibility index (Phi) is 4.34. The summed E-state index contributed by atoms with van der Waals surface area (Å²) in [6.45, 7) is 1.75. The third-order valence-electron chi connectivity index (χ3n) is 6.37. The highest BCUT2D eigenvalue weighted by atomic mass is 16.7. The first-order valence-electron chi connectivity index (χ1n) is 10.0. The number of carboxylic acid groups (broad SMARTS) is 1. The van der Waals surface area contributed by atoms with Crippen LogP contribution in [0.4, 0.5) is 9.59 Å². The van der Waals surface area contributed by atoms with Gasteiger partial charge in [0.1, 0.15) is 6.61 Å². The first-order valence-corrected chi connectivity index (χ1v) is 10.0. The van der Waals surface area contributed by atoms with Crippen molar-refractivity contribution in [3.8, 4) is 0 Å². The van der Waals surface area contributed by atoms with Crippen LogP contribution in [0.15, 0.2) is 35.5 Å². The second kappa shape index (κ2) is 6.91. The molecule has 9 nitrogen and oxygen atoms in total. The molecule has 1 spiro atoms. The van der Waals surface area contributed by atoms with E-state index in [1.807, 2.05) is 35.2 Å². The normalized spacial score (nSPS) is 30.8. The summed E-state index contributed by atoms with van der Waals surface area (Å²) < 4.78 is 0. The second-order valence-corrected chi connectivity index (χ2v) is 8.25. The number of nitrogens with zero attached hydrogens (tertiary/aromatic N) is 4. The SMILES string of the molecule is O=C(O)N1CC[C@]2(CC([C@@H]3CC[C@@H]4CN3C(=O)N4OCc3ccccc3)=NO2)C1. The Morgan fingerprint density at radius 2 is 2.14 bits per heavy atom. The van der Waals surface area contributed by atoms with Crippen LogP contribution in [0.2, 0.25) is 0 Å². The second-order valence-electron chi connectivity index (χ2n) is 8.25. The van der Waals surface area contributed by atoms with E-state index in [4.69, 9.17) is 9.68 Å². The van der Waals surface area contributed by atoms with Gasteiger partial charge in [0.15, 0.2) is 5.60 Å². The number of hydroxylamine groups is 2. The number of likely N-dealkylation sites (tertiary alicyclic amines) is 1. The first-order chi connectivity index (χ1) is 14.0. The van der Waals surface area contributed by atoms with Crippen LogP contribution < -0.4 is 0 Å². The van der Waals surface area contributed by atoms with Gasteiger partial charge < -0.3 is 19.7 Å². The average Bonchev–Trinajstić information content (AvgIpc) is 3.41. The van der Waals surface area contributed by atoms with Gasteiger partial charge in [-0.2, -0.15) is 5.06 Å². The minimum absolute atomic E-state index is 0.0494. The van der Waals surface area contributed by atoms with Gasteiger partial charge >= 0.3 is 12.1 Å². The number of carbonyl (C=O) groups is 2. The molecule has 1 aromatic carbocycles.